The third kappa shape index (κ3) is 2.43. The van der Waals surface area contributed by atoms with Gasteiger partial charge in [0.15, 0.2) is 0 Å². The molecule has 1 aliphatic heterocycles. The quantitative estimate of drug-likeness (QED) is 0.926. The Morgan fingerprint density at radius 2 is 2.10 bits per heavy atom. The molecule has 0 radical (unpaired) electrons. The Morgan fingerprint density at radius 1 is 1.30 bits per heavy atom. The van der Waals surface area contributed by atoms with Crippen LogP contribution < -0.4 is 10.1 Å². The van der Waals surface area contributed by atoms with Crippen molar-refractivity contribution in [3.8, 4) is 5.75 Å². The number of hydrogen-bond acceptors (Lipinski definition) is 3. The maximum Gasteiger partial charge on any atom is 0.118 e. The second kappa shape index (κ2) is 5.67. The predicted octanol–water partition coefficient (Wildman–Crippen LogP) is 2.15. The second-order valence-corrected chi connectivity index (χ2v) is 5.16. The number of fused-ring (bicyclic) bond motifs is 1. The fourth-order valence-electron chi connectivity index (χ4n) is 2.81. The van der Waals surface area contributed by atoms with Gasteiger partial charge in [-0.1, -0.05) is 19.1 Å². The van der Waals surface area contributed by atoms with Crippen LogP contribution in [0.5, 0.6) is 5.75 Å². The Kier molecular flexibility index (Phi) is 3.74. The Bertz CT molecular complexity index is 587. The van der Waals surface area contributed by atoms with Crippen LogP contribution in [-0.2, 0) is 25.9 Å². The first-order valence-electron chi connectivity index (χ1n) is 7.23. The smallest absolute Gasteiger partial charge is 0.118 e. The van der Waals surface area contributed by atoms with Gasteiger partial charge in [0, 0.05) is 30.8 Å². The lowest BCUT2D eigenvalue weighted by Crippen LogP contribution is -2.25. The SMILES string of the molecule is CCc1nn(Cc2ccc(OC)cc2)c2c1CNCC2. The summed E-state index contributed by atoms with van der Waals surface area (Å²) in [5, 5.41) is 8.23. The summed E-state index contributed by atoms with van der Waals surface area (Å²) < 4.78 is 7.38. The fraction of sp³-hybridized carbons (Fsp3) is 0.438. The summed E-state index contributed by atoms with van der Waals surface area (Å²) in [4.78, 5) is 0. The van der Waals surface area contributed by atoms with Gasteiger partial charge < -0.3 is 10.1 Å². The van der Waals surface area contributed by atoms with Gasteiger partial charge in [0.2, 0.25) is 0 Å². The van der Waals surface area contributed by atoms with Crippen LogP contribution in [0.3, 0.4) is 0 Å². The van der Waals surface area contributed by atoms with E-state index in [0.29, 0.717) is 0 Å². The molecule has 3 rings (SSSR count). The van der Waals surface area contributed by atoms with Crippen molar-refractivity contribution in [2.24, 2.45) is 0 Å². The monoisotopic (exact) mass is 271 g/mol. The molecule has 1 N–H and O–H groups in total. The van der Waals surface area contributed by atoms with Crippen molar-refractivity contribution in [1.29, 1.82) is 0 Å². The number of aromatic nitrogens is 2. The van der Waals surface area contributed by atoms with Crippen molar-refractivity contribution in [3.05, 3.63) is 46.8 Å². The van der Waals surface area contributed by atoms with E-state index in [9.17, 15) is 0 Å². The van der Waals surface area contributed by atoms with E-state index in [-0.39, 0.29) is 0 Å². The molecule has 1 aromatic heterocycles. The lowest BCUT2D eigenvalue weighted by molar-refractivity contribution is 0.414. The van der Waals surface area contributed by atoms with Crippen LogP contribution in [0.25, 0.3) is 0 Å². The van der Waals surface area contributed by atoms with E-state index in [4.69, 9.17) is 9.84 Å². The third-order valence-corrected chi connectivity index (χ3v) is 3.92. The minimum Gasteiger partial charge on any atom is -0.497 e. The van der Waals surface area contributed by atoms with Crippen molar-refractivity contribution >= 4 is 0 Å². The van der Waals surface area contributed by atoms with E-state index < -0.39 is 0 Å². The molecule has 0 aliphatic carbocycles. The number of nitrogens with one attached hydrogen (secondary N) is 1. The predicted molar refractivity (Wildman–Crippen MR) is 79.1 cm³/mol. The molecule has 0 atom stereocenters. The first-order valence-corrected chi connectivity index (χ1v) is 7.23. The van der Waals surface area contributed by atoms with Gasteiger partial charge in [0.25, 0.3) is 0 Å². The van der Waals surface area contributed by atoms with Gasteiger partial charge in [-0.15, -0.1) is 0 Å². The Labute approximate surface area is 119 Å². The minimum absolute atomic E-state index is 0.840. The standard InChI is InChI=1S/C16H21N3O/c1-3-15-14-10-17-9-8-16(14)19(18-15)11-12-4-6-13(20-2)7-5-12/h4-7,17H,3,8-11H2,1-2H3. The third-order valence-electron chi connectivity index (χ3n) is 3.92. The molecule has 0 fully saturated rings. The van der Waals surface area contributed by atoms with Gasteiger partial charge >= 0.3 is 0 Å². The van der Waals surface area contributed by atoms with Gasteiger partial charge in [0.05, 0.1) is 19.3 Å². The van der Waals surface area contributed by atoms with E-state index in [1.807, 2.05) is 12.1 Å². The summed E-state index contributed by atoms with van der Waals surface area (Å²) in [5.41, 5.74) is 5.31. The summed E-state index contributed by atoms with van der Waals surface area (Å²) in [5.74, 6) is 0.898. The summed E-state index contributed by atoms with van der Waals surface area (Å²) >= 11 is 0. The van der Waals surface area contributed by atoms with Gasteiger partial charge in [-0.05, 0) is 24.1 Å². The van der Waals surface area contributed by atoms with Crippen molar-refractivity contribution in [3.63, 3.8) is 0 Å². The molecule has 2 heterocycles. The largest absolute Gasteiger partial charge is 0.497 e. The van der Waals surface area contributed by atoms with E-state index >= 15 is 0 Å². The Hall–Kier alpha value is -1.81. The molecular weight excluding hydrogens is 250 g/mol. The topological polar surface area (TPSA) is 39.1 Å². The van der Waals surface area contributed by atoms with Gasteiger partial charge in [-0.3, -0.25) is 4.68 Å². The number of nitrogens with zero attached hydrogens (tertiary/aromatic N) is 2. The Balaban J connectivity index is 1.88. The normalized spacial score (nSPS) is 14.1. The molecule has 1 aromatic carbocycles. The number of aryl methyl sites for hydroxylation is 1. The Morgan fingerprint density at radius 3 is 2.80 bits per heavy atom. The van der Waals surface area contributed by atoms with E-state index in [2.05, 4.69) is 29.1 Å². The second-order valence-electron chi connectivity index (χ2n) is 5.16. The molecule has 4 nitrogen and oxygen atoms in total. The fourth-order valence-corrected chi connectivity index (χ4v) is 2.81. The minimum atomic E-state index is 0.840. The van der Waals surface area contributed by atoms with Crippen molar-refractivity contribution < 1.29 is 4.74 Å². The molecule has 0 amide bonds. The number of hydrogen-bond donors (Lipinski definition) is 1. The van der Waals surface area contributed by atoms with E-state index in [0.717, 1.165) is 38.2 Å². The van der Waals surface area contributed by atoms with Crippen LogP contribution in [0.15, 0.2) is 24.3 Å². The average molecular weight is 271 g/mol. The molecule has 0 spiro atoms. The molecule has 0 saturated heterocycles. The number of rotatable bonds is 4. The van der Waals surface area contributed by atoms with E-state index in [1.54, 1.807) is 7.11 Å². The highest BCUT2D eigenvalue weighted by molar-refractivity contribution is 5.31. The highest BCUT2D eigenvalue weighted by atomic mass is 16.5. The first kappa shape index (κ1) is 13.2. The molecule has 106 valence electrons. The molecular formula is C16H21N3O. The molecule has 2 aromatic rings. The summed E-state index contributed by atoms with van der Waals surface area (Å²) in [6, 6.07) is 8.24. The number of benzene rings is 1. The maximum absolute atomic E-state index is 5.20. The van der Waals surface area contributed by atoms with E-state index in [1.165, 1.54) is 22.5 Å². The maximum atomic E-state index is 5.20. The highest BCUT2D eigenvalue weighted by Crippen LogP contribution is 2.20. The van der Waals surface area contributed by atoms with Crippen LogP contribution in [0.1, 0.15) is 29.4 Å². The zero-order chi connectivity index (χ0) is 13.9. The number of ether oxygens (including phenoxy) is 1. The zero-order valence-corrected chi connectivity index (χ0v) is 12.1. The summed E-state index contributed by atoms with van der Waals surface area (Å²) in [7, 11) is 1.69. The highest BCUT2D eigenvalue weighted by Gasteiger charge is 2.19. The summed E-state index contributed by atoms with van der Waals surface area (Å²) in [6.07, 6.45) is 2.07. The van der Waals surface area contributed by atoms with Crippen LogP contribution in [-0.4, -0.2) is 23.4 Å². The first-order chi connectivity index (χ1) is 9.81. The zero-order valence-electron chi connectivity index (χ0n) is 12.1. The van der Waals surface area contributed by atoms with Gasteiger partial charge in [0.1, 0.15) is 5.75 Å². The molecule has 0 saturated carbocycles. The van der Waals surface area contributed by atoms with Crippen molar-refractivity contribution in [2.75, 3.05) is 13.7 Å². The lowest BCUT2D eigenvalue weighted by atomic mass is 10.1. The molecule has 0 unspecified atom stereocenters. The van der Waals surface area contributed by atoms with Crippen LogP contribution in [0.4, 0.5) is 0 Å². The molecule has 0 bridgehead atoms. The average Bonchev–Trinajstić information content (AvgIpc) is 2.86. The molecule has 4 heteroatoms. The molecule has 20 heavy (non-hydrogen) atoms. The van der Waals surface area contributed by atoms with Gasteiger partial charge in [-0.25, -0.2) is 0 Å². The number of methoxy groups -OCH3 is 1. The van der Waals surface area contributed by atoms with Crippen molar-refractivity contribution in [2.45, 2.75) is 32.9 Å². The van der Waals surface area contributed by atoms with Crippen molar-refractivity contribution in [1.82, 2.24) is 15.1 Å². The lowest BCUT2D eigenvalue weighted by Gasteiger charge is -2.15. The van der Waals surface area contributed by atoms with Gasteiger partial charge in [-0.2, -0.15) is 5.10 Å². The van der Waals surface area contributed by atoms with Crippen LogP contribution >= 0.6 is 0 Å². The van der Waals surface area contributed by atoms with Crippen LogP contribution in [0, 0.1) is 0 Å². The van der Waals surface area contributed by atoms with Crippen LogP contribution in [0.2, 0.25) is 0 Å². The molecule has 1 aliphatic rings. The summed E-state index contributed by atoms with van der Waals surface area (Å²) in [6.45, 7) is 5.02.